The molecular formula is C28H28N2O. The Balaban J connectivity index is 1.31. The molecule has 2 heterocycles. The van der Waals surface area contributed by atoms with Gasteiger partial charge in [-0.3, -0.25) is 0 Å². The van der Waals surface area contributed by atoms with Crippen molar-refractivity contribution in [2.45, 2.75) is 25.3 Å². The molecule has 0 bridgehead atoms. The SMILES string of the molecule is C1=CC=CC=CC=1COc1ccc(Cn2cc(C3CCNCC3)c3ccccc32)cc1. The molecule has 0 atom stereocenters. The molecule has 0 radical (unpaired) electrons. The van der Waals surface area contributed by atoms with Gasteiger partial charge in [0.05, 0.1) is 0 Å². The van der Waals surface area contributed by atoms with Gasteiger partial charge in [-0.25, -0.2) is 0 Å². The predicted octanol–water partition coefficient (Wildman–Crippen LogP) is 5.74. The Morgan fingerprint density at radius 1 is 0.968 bits per heavy atom. The van der Waals surface area contributed by atoms with Crippen LogP contribution in [-0.4, -0.2) is 24.3 Å². The summed E-state index contributed by atoms with van der Waals surface area (Å²) in [5, 5.41) is 4.89. The van der Waals surface area contributed by atoms with Crippen molar-refractivity contribution in [2.75, 3.05) is 19.7 Å². The van der Waals surface area contributed by atoms with Gasteiger partial charge in [0.25, 0.3) is 0 Å². The van der Waals surface area contributed by atoms with Crippen LogP contribution in [0, 0.1) is 0 Å². The molecule has 0 spiro atoms. The van der Waals surface area contributed by atoms with Gasteiger partial charge in [-0.1, -0.05) is 48.6 Å². The number of fused-ring (bicyclic) bond motifs is 1. The Morgan fingerprint density at radius 3 is 2.68 bits per heavy atom. The van der Waals surface area contributed by atoms with Gasteiger partial charge in [0.1, 0.15) is 12.4 Å². The van der Waals surface area contributed by atoms with Crippen molar-refractivity contribution in [3.63, 3.8) is 0 Å². The van der Waals surface area contributed by atoms with E-state index in [1.54, 1.807) is 0 Å². The summed E-state index contributed by atoms with van der Waals surface area (Å²) in [4.78, 5) is 0. The molecule has 3 nitrogen and oxygen atoms in total. The summed E-state index contributed by atoms with van der Waals surface area (Å²) in [5.41, 5.74) is 8.38. The highest BCUT2D eigenvalue weighted by molar-refractivity contribution is 5.84. The summed E-state index contributed by atoms with van der Waals surface area (Å²) in [6.45, 7) is 3.62. The number of rotatable bonds is 6. The molecular weight excluding hydrogens is 380 g/mol. The van der Waals surface area contributed by atoms with Gasteiger partial charge in [-0.2, -0.15) is 0 Å². The summed E-state index contributed by atoms with van der Waals surface area (Å²) >= 11 is 0. The van der Waals surface area contributed by atoms with Crippen LogP contribution in [0.4, 0.5) is 0 Å². The van der Waals surface area contributed by atoms with Gasteiger partial charge in [0.2, 0.25) is 0 Å². The fourth-order valence-electron chi connectivity index (χ4n) is 4.50. The van der Waals surface area contributed by atoms with E-state index in [4.69, 9.17) is 4.74 Å². The van der Waals surface area contributed by atoms with E-state index < -0.39 is 0 Å². The fourth-order valence-corrected chi connectivity index (χ4v) is 4.50. The van der Waals surface area contributed by atoms with Crippen molar-refractivity contribution in [3.05, 3.63) is 108 Å². The number of nitrogens with zero attached hydrogens (tertiary/aromatic N) is 1. The van der Waals surface area contributed by atoms with E-state index in [1.807, 2.05) is 30.4 Å². The lowest BCUT2D eigenvalue weighted by molar-refractivity contribution is 0.355. The molecule has 1 fully saturated rings. The summed E-state index contributed by atoms with van der Waals surface area (Å²) in [7, 11) is 0. The summed E-state index contributed by atoms with van der Waals surface area (Å²) in [5.74, 6) is 1.54. The van der Waals surface area contributed by atoms with Crippen molar-refractivity contribution < 1.29 is 4.74 Å². The zero-order chi connectivity index (χ0) is 20.9. The number of benzene rings is 2. The van der Waals surface area contributed by atoms with Crippen LogP contribution in [0.25, 0.3) is 10.9 Å². The van der Waals surface area contributed by atoms with Gasteiger partial charge in [0.15, 0.2) is 0 Å². The topological polar surface area (TPSA) is 26.2 Å². The largest absolute Gasteiger partial charge is 0.488 e. The summed E-state index contributed by atoms with van der Waals surface area (Å²) in [6.07, 6.45) is 14.8. The highest BCUT2D eigenvalue weighted by atomic mass is 16.5. The van der Waals surface area contributed by atoms with Gasteiger partial charge in [0, 0.05) is 29.2 Å². The van der Waals surface area contributed by atoms with Crippen LogP contribution >= 0.6 is 0 Å². The third kappa shape index (κ3) is 4.59. The van der Waals surface area contributed by atoms with E-state index in [0.717, 1.165) is 31.0 Å². The van der Waals surface area contributed by atoms with E-state index in [2.05, 4.69) is 70.3 Å². The van der Waals surface area contributed by atoms with Gasteiger partial charge in [-0.05, 0) is 73.3 Å². The highest BCUT2D eigenvalue weighted by Gasteiger charge is 2.20. The first-order chi connectivity index (χ1) is 15.4. The molecule has 1 aliphatic carbocycles. The third-order valence-electron chi connectivity index (χ3n) is 6.15. The molecule has 5 rings (SSSR count). The number of nitrogens with one attached hydrogen (secondary N) is 1. The molecule has 2 aliphatic rings. The Kier molecular flexibility index (Phi) is 5.88. The minimum absolute atomic E-state index is 0.524. The van der Waals surface area contributed by atoms with Crippen LogP contribution in [0.1, 0.15) is 29.9 Å². The molecule has 0 unspecified atom stereocenters. The molecule has 1 aromatic heterocycles. The maximum absolute atomic E-state index is 5.95. The first-order valence-corrected chi connectivity index (χ1v) is 11.2. The minimum atomic E-state index is 0.524. The first kappa shape index (κ1) is 19.7. The lowest BCUT2D eigenvalue weighted by Crippen LogP contribution is -2.26. The smallest absolute Gasteiger partial charge is 0.120 e. The molecule has 1 N–H and O–H groups in total. The van der Waals surface area contributed by atoms with Crippen LogP contribution in [0.3, 0.4) is 0 Å². The van der Waals surface area contributed by atoms with Crippen LogP contribution < -0.4 is 10.1 Å². The second-order valence-corrected chi connectivity index (χ2v) is 8.27. The quantitative estimate of drug-likeness (QED) is 0.526. The number of hydrogen-bond acceptors (Lipinski definition) is 2. The molecule has 0 amide bonds. The maximum Gasteiger partial charge on any atom is 0.120 e. The number of allylic oxidation sites excluding steroid dienone is 3. The van der Waals surface area contributed by atoms with Gasteiger partial charge >= 0.3 is 0 Å². The number of para-hydroxylation sites is 1. The number of ether oxygens (including phenoxy) is 1. The van der Waals surface area contributed by atoms with Crippen LogP contribution in [0.15, 0.2) is 96.4 Å². The van der Waals surface area contributed by atoms with Gasteiger partial charge < -0.3 is 14.6 Å². The first-order valence-electron chi connectivity index (χ1n) is 11.2. The monoisotopic (exact) mass is 408 g/mol. The lowest BCUT2D eigenvalue weighted by atomic mass is 9.90. The normalized spacial score (nSPS) is 16.5. The Bertz CT molecular complexity index is 1170. The molecule has 3 aromatic rings. The predicted molar refractivity (Wildman–Crippen MR) is 128 cm³/mol. The molecule has 1 aliphatic heterocycles. The Morgan fingerprint density at radius 2 is 1.81 bits per heavy atom. The number of piperidine rings is 1. The highest BCUT2D eigenvalue weighted by Crippen LogP contribution is 2.33. The van der Waals surface area contributed by atoms with Crippen molar-refractivity contribution in [1.29, 1.82) is 0 Å². The van der Waals surface area contributed by atoms with E-state index in [9.17, 15) is 0 Å². The van der Waals surface area contributed by atoms with Crippen LogP contribution in [-0.2, 0) is 6.54 Å². The lowest BCUT2D eigenvalue weighted by Gasteiger charge is -2.22. The van der Waals surface area contributed by atoms with Crippen molar-refractivity contribution in [1.82, 2.24) is 9.88 Å². The second kappa shape index (κ2) is 9.26. The molecule has 156 valence electrons. The van der Waals surface area contributed by atoms with Crippen molar-refractivity contribution >= 4 is 10.9 Å². The molecule has 2 aromatic carbocycles. The zero-order valence-electron chi connectivity index (χ0n) is 17.8. The molecule has 0 saturated carbocycles. The average molecular weight is 409 g/mol. The van der Waals surface area contributed by atoms with Gasteiger partial charge in [-0.15, -0.1) is 5.73 Å². The second-order valence-electron chi connectivity index (χ2n) is 8.27. The zero-order valence-corrected chi connectivity index (χ0v) is 17.8. The molecule has 1 saturated heterocycles. The molecule has 31 heavy (non-hydrogen) atoms. The van der Waals surface area contributed by atoms with Crippen molar-refractivity contribution in [3.8, 4) is 5.75 Å². The average Bonchev–Trinajstić information content (AvgIpc) is 2.99. The van der Waals surface area contributed by atoms with Crippen LogP contribution in [0.5, 0.6) is 5.75 Å². The van der Waals surface area contributed by atoms with E-state index in [1.165, 1.54) is 34.9 Å². The van der Waals surface area contributed by atoms with Crippen molar-refractivity contribution in [2.24, 2.45) is 0 Å². The van der Waals surface area contributed by atoms with E-state index in [0.29, 0.717) is 12.5 Å². The number of hydrogen-bond donors (Lipinski definition) is 1. The standard InChI is InChI=1S/C28H28N2O/c1-2-4-8-23(7-3-1)21-31-25-13-11-22(12-14-25)19-30-20-27(24-15-17-29-18-16-24)26-9-5-6-10-28(26)30/h1-7,9-14,20,24,29H,15-19,21H2. The van der Waals surface area contributed by atoms with Crippen LogP contribution in [0.2, 0.25) is 0 Å². The maximum atomic E-state index is 5.95. The third-order valence-corrected chi connectivity index (χ3v) is 6.15. The molecule has 3 heteroatoms. The van der Waals surface area contributed by atoms with E-state index >= 15 is 0 Å². The fraction of sp³-hybridized carbons (Fsp3) is 0.250. The summed E-state index contributed by atoms with van der Waals surface area (Å²) < 4.78 is 8.35. The Hall–Kier alpha value is -3.26. The summed E-state index contributed by atoms with van der Waals surface area (Å²) in [6, 6.07) is 17.3. The van der Waals surface area contributed by atoms with E-state index in [-0.39, 0.29) is 0 Å². The Labute approximate surface area is 184 Å². The minimum Gasteiger partial charge on any atom is -0.488 e. The number of aromatic nitrogens is 1.